The van der Waals surface area contributed by atoms with Gasteiger partial charge in [0.25, 0.3) is 5.91 Å². The topological polar surface area (TPSA) is 86.8 Å². The molecule has 2 heterocycles. The molecule has 3 rings (SSSR count). The SMILES string of the molecule is CCCS(=O)(=O)NC1CCN(C(=O)c2cccc(CN3CCCC3=O)c2)CC1. The van der Waals surface area contributed by atoms with E-state index in [4.69, 9.17) is 0 Å². The fourth-order valence-electron chi connectivity index (χ4n) is 3.86. The zero-order valence-corrected chi connectivity index (χ0v) is 17.2. The Hall–Kier alpha value is -1.93. The first-order valence-electron chi connectivity index (χ1n) is 10.0. The van der Waals surface area contributed by atoms with Crippen molar-refractivity contribution in [3.05, 3.63) is 35.4 Å². The second-order valence-electron chi connectivity index (χ2n) is 7.62. The van der Waals surface area contributed by atoms with Crippen molar-refractivity contribution in [3.63, 3.8) is 0 Å². The lowest BCUT2D eigenvalue weighted by molar-refractivity contribution is -0.128. The Morgan fingerprint density at radius 1 is 1.21 bits per heavy atom. The molecule has 1 aromatic rings. The minimum absolute atomic E-state index is 0.0375. The molecule has 2 fully saturated rings. The van der Waals surface area contributed by atoms with Crippen LogP contribution in [0.2, 0.25) is 0 Å². The van der Waals surface area contributed by atoms with E-state index in [1.165, 1.54) is 0 Å². The molecule has 1 aromatic carbocycles. The van der Waals surface area contributed by atoms with E-state index >= 15 is 0 Å². The zero-order valence-electron chi connectivity index (χ0n) is 16.4. The van der Waals surface area contributed by atoms with Crippen molar-refractivity contribution in [2.75, 3.05) is 25.4 Å². The van der Waals surface area contributed by atoms with Gasteiger partial charge in [0, 0.05) is 44.2 Å². The number of sulfonamides is 1. The maximum absolute atomic E-state index is 12.9. The van der Waals surface area contributed by atoms with Gasteiger partial charge in [-0.15, -0.1) is 0 Å². The smallest absolute Gasteiger partial charge is 0.253 e. The summed E-state index contributed by atoms with van der Waals surface area (Å²) in [7, 11) is -3.23. The highest BCUT2D eigenvalue weighted by Gasteiger charge is 2.26. The van der Waals surface area contributed by atoms with Crippen molar-refractivity contribution in [2.45, 2.75) is 51.6 Å². The van der Waals surface area contributed by atoms with Gasteiger partial charge in [-0.3, -0.25) is 9.59 Å². The van der Waals surface area contributed by atoms with Crippen LogP contribution >= 0.6 is 0 Å². The van der Waals surface area contributed by atoms with E-state index in [-0.39, 0.29) is 23.6 Å². The van der Waals surface area contributed by atoms with Crippen LogP contribution < -0.4 is 4.72 Å². The average molecular weight is 408 g/mol. The van der Waals surface area contributed by atoms with Crippen molar-refractivity contribution in [1.29, 1.82) is 0 Å². The van der Waals surface area contributed by atoms with E-state index in [1.54, 1.807) is 11.0 Å². The molecule has 154 valence electrons. The Balaban J connectivity index is 1.56. The summed E-state index contributed by atoms with van der Waals surface area (Å²) in [5.74, 6) is 0.270. The molecule has 0 aromatic heterocycles. The number of carbonyl (C=O) groups excluding carboxylic acids is 2. The predicted molar refractivity (Wildman–Crippen MR) is 107 cm³/mol. The van der Waals surface area contributed by atoms with Crippen LogP contribution in [0.1, 0.15) is 54.9 Å². The number of nitrogens with one attached hydrogen (secondary N) is 1. The van der Waals surface area contributed by atoms with Gasteiger partial charge in [-0.05, 0) is 43.4 Å². The van der Waals surface area contributed by atoms with Gasteiger partial charge in [0.05, 0.1) is 5.75 Å². The van der Waals surface area contributed by atoms with Crippen LogP contribution in [0.3, 0.4) is 0 Å². The highest BCUT2D eigenvalue weighted by atomic mass is 32.2. The molecule has 0 atom stereocenters. The van der Waals surface area contributed by atoms with Crippen molar-refractivity contribution >= 4 is 21.8 Å². The summed E-state index contributed by atoms with van der Waals surface area (Å²) in [6, 6.07) is 7.36. The molecular formula is C20H29N3O4S. The number of hydrogen-bond donors (Lipinski definition) is 1. The van der Waals surface area contributed by atoms with Crippen LogP contribution in [0.25, 0.3) is 0 Å². The van der Waals surface area contributed by atoms with Crippen LogP contribution in [-0.4, -0.2) is 61.5 Å². The molecule has 0 bridgehead atoms. The third-order valence-corrected chi connectivity index (χ3v) is 6.96. The zero-order chi connectivity index (χ0) is 20.1. The van der Waals surface area contributed by atoms with E-state index < -0.39 is 10.0 Å². The molecule has 8 heteroatoms. The van der Waals surface area contributed by atoms with E-state index in [0.717, 1.165) is 18.5 Å². The summed E-state index contributed by atoms with van der Waals surface area (Å²) in [4.78, 5) is 28.3. The van der Waals surface area contributed by atoms with Crippen molar-refractivity contribution < 1.29 is 18.0 Å². The monoisotopic (exact) mass is 407 g/mol. The Labute approximate surface area is 167 Å². The number of likely N-dealkylation sites (tertiary alicyclic amines) is 2. The Bertz CT molecular complexity index is 816. The lowest BCUT2D eigenvalue weighted by Crippen LogP contribution is -2.47. The van der Waals surface area contributed by atoms with Gasteiger partial charge in [-0.25, -0.2) is 13.1 Å². The summed E-state index contributed by atoms with van der Waals surface area (Å²) >= 11 is 0. The minimum atomic E-state index is -3.23. The van der Waals surface area contributed by atoms with Crippen LogP contribution in [-0.2, 0) is 21.4 Å². The predicted octanol–water partition coefficient (Wildman–Crippen LogP) is 1.74. The Morgan fingerprint density at radius 2 is 1.96 bits per heavy atom. The van der Waals surface area contributed by atoms with Gasteiger partial charge >= 0.3 is 0 Å². The Morgan fingerprint density at radius 3 is 2.61 bits per heavy atom. The Kier molecular flexibility index (Phi) is 6.72. The van der Waals surface area contributed by atoms with Crippen molar-refractivity contribution in [1.82, 2.24) is 14.5 Å². The molecular weight excluding hydrogens is 378 g/mol. The molecule has 0 aliphatic carbocycles. The summed E-state index contributed by atoms with van der Waals surface area (Å²) in [5, 5.41) is 0. The van der Waals surface area contributed by atoms with Crippen molar-refractivity contribution in [2.24, 2.45) is 0 Å². The molecule has 1 N–H and O–H groups in total. The average Bonchev–Trinajstić information content (AvgIpc) is 3.06. The van der Waals surface area contributed by atoms with Crippen molar-refractivity contribution in [3.8, 4) is 0 Å². The van der Waals surface area contributed by atoms with Crippen LogP contribution in [0, 0.1) is 0 Å². The largest absolute Gasteiger partial charge is 0.339 e. The number of piperidine rings is 1. The first-order chi connectivity index (χ1) is 13.4. The van der Waals surface area contributed by atoms with Gasteiger partial charge < -0.3 is 9.80 Å². The second-order valence-corrected chi connectivity index (χ2v) is 9.50. The van der Waals surface area contributed by atoms with Gasteiger partial charge in [-0.2, -0.15) is 0 Å². The molecule has 0 saturated carbocycles. The molecule has 2 amide bonds. The molecule has 2 saturated heterocycles. The van der Waals surface area contributed by atoms with E-state index in [2.05, 4.69) is 4.72 Å². The van der Waals surface area contributed by atoms with Gasteiger partial charge in [0.2, 0.25) is 15.9 Å². The first-order valence-corrected chi connectivity index (χ1v) is 11.7. The van der Waals surface area contributed by atoms with Gasteiger partial charge in [0.15, 0.2) is 0 Å². The van der Waals surface area contributed by atoms with Gasteiger partial charge in [0.1, 0.15) is 0 Å². The normalized spacial score (nSPS) is 18.7. The molecule has 2 aliphatic rings. The lowest BCUT2D eigenvalue weighted by Gasteiger charge is -2.32. The van der Waals surface area contributed by atoms with Crippen LogP contribution in [0.15, 0.2) is 24.3 Å². The number of rotatable bonds is 7. The maximum atomic E-state index is 12.9. The molecule has 28 heavy (non-hydrogen) atoms. The fourth-order valence-corrected chi connectivity index (χ4v) is 5.26. The van der Waals surface area contributed by atoms with Crippen LogP contribution in [0.5, 0.6) is 0 Å². The number of carbonyl (C=O) groups is 2. The van der Waals surface area contributed by atoms with Crippen LogP contribution in [0.4, 0.5) is 0 Å². The third-order valence-electron chi connectivity index (χ3n) is 5.32. The standard InChI is InChI=1S/C20H29N3O4S/c1-2-13-28(26,27)21-18-8-11-22(12-9-18)20(25)17-6-3-5-16(14-17)15-23-10-4-7-19(23)24/h3,5-6,14,18,21H,2,4,7-13,15H2,1H3. The molecule has 0 unspecified atom stereocenters. The number of amides is 2. The number of hydrogen-bond acceptors (Lipinski definition) is 4. The quantitative estimate of drug-likeness (QED) is 0.746. The molecule has 7 nitrogen and oxygen atoms in total. The third kappa shape index (κ3) is 5.32. The summed E-state index contributed by atoms with van der Waals surface area (Å²) < 4.78 is 26.6. The second kappa shape index (κ2) is 9.05. The summed E-state index contributed by atoms with van der Waals surface area (Å²) in [6.45, 7) is 4.23. The minimum Gasteiger partial charge on any atom is -0.339 e. The van der Waals surface area contributed by atoms with Gasteiger partial charge in [-0.1, -0.05) is 19.1 Å². The fraction of sp³-hybridized carbons (Fsp3) is 0.600. The summed E-state index contributed by atoms with van der Waals surface area (Å²) in [5.41, 5.74) is 1.58. The van der Waals surface area contributed by atoms with E-state index in [9.17, 15) is 18.0 Å². The summed E-state index contributed by atoms with van der Waals surface area (Å²) in [6.07, 6.45) is 3.34. The first kappa shape index (κ1) is 20.8. The maximum Gasteiger partial charge on any atom is 0.253 e. The lowest BCUT2D eigenvalue weighted by atomic mass is 10.0. The highest BCUT2D eigenvalue weighted by molar-refractivity contribution is 7.89. The van der Waals surface area contributed by atoms with E-state index in [1.807, 2.05) is 30.0 Å². The van der Waals surface area contributed by atoms with E-state index in [0.29, 0.717) is 50.9 Å². The molecule has 2 aliphatic heterocycles. The highest BCUT2D eigenvalue weighted by Crippen LogP contribution is 2.18. The number of nitrogens with zero attached hydrogens (tertiary/aromatic N) is 2. The number of benzene rings is 1. The molecule has 0 radical (unpaired) electrons. The molecule has 0 spiro atoms.